The van der Waals surface area contributed by atoms with Gasteiger partial charge in [0.25, 0.3) is 0 Å². The van der Waals surface area contributed by atoms with Crippen LogP contribution in [0.4, 0.5) is 5.82 Å². The second-order valence-corrected chi connectivity index (χ2v) is 5.73. The van der Waals surface area contributed by atoms with Gasteiger partial charge in [0.2, 0.25) is 5.88 Å². The van der Waals surface area contributed by atoms with Crippen LogP contribution in [0.15, 0.2) is 18.2 Å². The summed E-state index contributed by atoms with van der Waals surface area (Å²) < 4.78 is 6.09. The van der Waals surface area contributed by atoms with E-state index in [9.17, 15) is 0 Å². The lowest BCUT2D eigenvalue weighted by Crippen LogP contribution is -2.02. The molecule has 4 nitrogen and oxygen atoms in total. The molecule has 0 saturated heterocycles. The fourth-order valence-electron chi connectivity index (χ4n) is 2.33. The molecule has 2 aromatic rings. The van der Waals surface area contributed by atoms with Gasteiger partial charge in [-0.1, -0.05) is 12.1 Å². The highest BCUT2D eigenvalue weighted by molar-refractivity contribution is 5.47. The summed E-state index contributed by atoms with van der Waals surface area (Å²) in [6.45, 7) is 6.24. The number of ether oxygens (including phenoxy) is 1. The summed E-state index contributed by atoms with van der Waals surface area (Å²) in [5, 5.41) is 3.09. The zero-order valence-corrected chi connectivity index (χ0v) is 13.0. The molecule has 1 fully saturated rings. The topological polar surface area (TPSA) is 47.0 Å². The number of aryl methyl sites for hydroxylation is 2. The Balaban J connectivity index is 1.98. The van der Waals surface area contributed by atoms with Crippen LogP contribution in [0.25, 0.3) is 0 Å². The number of aromatic nitrogens is 2. The van der Waals surface area contributed by atoms with Gasteiger partial charge in [-0.15, -0.1) is 0 Å². The van der Waals surface area contributed by atoms with Crippen LogP contribution in [0.5, 0.6) is 11.6 Å². The van der Waals surface area contributed by atoms with Crippen LogP contribution in [0.3, 0.4) is 0 Å². The minimum Gasteiger partial charge on any atom is -0.438 e. The predicted molar refractivity (Wildman–Crippen MR) is 84.3 cm³/mol. The molecule has 0 radical (unpaired) electrons. The molecule has 1 aliphatic rings. The first-order chi connectivity index (χ1) is 10.1. The van der Waals surface area contributed by atoms with E-state index in [-0.39, 0.29) is 0 Å². The monoisotopic (exact) mass is 283 g/mol. The molecule has 1 aliphatic carbocycles. The summed E-state index contributed by atoms with van der Waals surface area (Å²) in [6, 6.07) is 6.05. The predicted octanol–water partition coefficient (Wildman–Crippen LogP) is 4.11. The Bertz CT molecular complexity index is 678. The van der Waals surface area contributed by atoms with Gasteiger partial charge in [0.15, 0.2) is 0 Å². The summed E-state index contributed by atoms with van der Waals surface area (Å²) in [5.41, 5.74) is 3.50. The number of nitrogens with one attached hydrogen (secondary N) is 1. The van der Waals surface area contributed by atoms with Gasteiger partial charge < -0.3 is 10.1 Å². The maximum absolute atomic E-state index is 6.09. The number of rotatable bonds is 4. The van der Waals surface area contributed by atoms with Gasteiger partial charge in [-0.3, -0.25) is 0 Å². The third kappa shape index (κ3) is 2.84. The van der Waals surface area contributed by atoms with Crippen LogP contribution in [0.2, 0.25) is 0 Å². The van der Waals surface area contributed by atoms with Crippen molar-refractivity contribution in [2.45, 2.75) is 39.5 Å². The minimum absolute atomic E-state index is 0.500. The van der Waals surface area contributed by atoms with Crippen molar-refractivity contribution in [3.05, 3.63) is 40.7 Å². The first-order valence-corrected chi connectivity index (χ1v) is 7.40. The van der Waals surface area contributed by atoms with Crippen molar-refractivity contribution < 1.29 is 4.74 Å². The smallest absolute Gasteiger partial charge is 0.224 e. The van der Waals surface area contributed by atoms with Gasteiger partial charge in [-0.25, -0.2) is 4.98 Å². The van der Waals surface area contributed by atoms with Crippen LogP contribution < -0.4 is 10.1 Å². The molecule has 1 heterocycles. The Hall–Kier alpha value is -2.10. The standard InChI is InChI=1S/C17H21N3O/c1-10-5-6-11(2)16(12(10)3)21-15-9-14(18-4)19-17(20-15)13-7-8-13/h5-6,9,13H,7-8H2,1-4H3,(H,18,19,20). The molecular formula is C17H21N3O. The summed E-state index contributed by atoms with van der Waals surface area (Å²) in [6.07, 6.45) is 2.35. The first-order valence-electron chi connectivity index (χ1n) is 7.40. The quantitative estimate of drug-likeness (QED) is 0.917. The van der Waals surface area contributed by atoms with Crippen molar-refractivity contribution >= 4 is 5.82 Å². The molecule has 1 N–H and O–H groups in total. The van der Waals surface area contributed by atoms with Crippen LogP contribution in [-0.4, -0.2) is 17.0 Å². The lowest BCUT2D eigenvalue weighted by molar-refractivity contribution is 0.452. The van der Waals surface area contributed by atoms with E-state index in [1.165, 1.54) is 18.4 Å². The van der Waals surface area contributed by atoms with Crippen molar-refractivity contribution in [3.8, 4) is 11.6 Å². The van der Waals surface area contributed by atoms with Crippen LogP contribution in [0, 0.1) is 20.8 Å². The summed E-state index contributed by atoms with van der Waals surface area (Å²) >= 11 is 0. The Morgan fingerprint density at radius 1 is 1.10 bits per heavy atom. The maximum Gasteiger partial charge on any atom is 0.224 e. The molecule has 1 saturated carbocycles. The molecular weight excluding hydrogens is 262 g/mol. The SMILES string of the molecule is CNc1cc(Oc2c(C)ccc(C)c2C)nc(C2CC2)n1. The van der Waals surface area contributed by atoms with E-state index in [2.05, 4.69) is 48.2 Å². The van der Waals surface area contributed by atoms with E-state index in [4.69, 9.17) is 4.74 Å². The van der Waals surface area contributed by atoms with Gasteiger partial charge in [-0.2, -0.15) is 4.98 Å². The second kappa shape index (κ2) is 5.35. The normalized spacial score (nSPS) is 14.1. The van der Waals surface area contributed by atoms with Gasteiger partial charge in [0, 0.05) is 19.0 Å². The number of hydrogen-bond acceptors (Lipinski definition) is 4. The second-order valence-electron chi connectivity index (χ2n) is 5.73. The van der Waals surface area contributed by atoms with E-state index in [1.54, 1.807) is 0 Å². The van der Waals surface area contributed by atoms with Crippen molar-refractivity contribution in [3.63, 3.8) is 0 Å². The third-order valence-electron chi connectivity index (χ3n) is 4.00. The lowest BCUT2D eigenvalue weighted by Gasteiger charge is -2.14. The van der Waals surface area contributed by atoms with E-state index in [0.717, 1.165) is 28.5 Å². The molecule has 4 heteroatoms. The zero-order chi connectivity index (χ0) is 15.0. The molecule has 0 aliphatic heterocycles. The van der Waals surface area contributed by atoms with Crippen molar-refractivity contribution in [1.29, 1.82) is 0 Å². The molecule has 0 amide bonds. The molecule has 0 atom stereocenters. The van der Waals surface area contributed by atoms with Gasteiger partial charge in [0.05, 0.1) is 0 Å². The van der Waals surface area contributed by atoms with E-state index < -0.39 is 0 Å². The highest BCUT2D eigenvalue weighted by atomic mass is 16.5. The average molecular weight is 283 g/mol. The molecule has 0 unspecified atom stereocenters. The Morgan fingerprint density at radius 3 is 2.48 bits per heavy atom. The molecule has 110 valence electrons. The minimum atomic E-state index is 0.500. The molecule has 1 aromatic carbocycles. The molecule has 3 rings (SSSR count). The van der Waals surface area contributed by atoms with Crippen LogP contribution in [-0.2, 0) is 0 Å². The maximum atomic E-state index is 6.09. The number of nitrogens with zero attached hydrogens (tertiary/aromatic N) is 2. The third-order valence-corrected chi connectivity index (χ3v) is 4.00. The number of hydrogen-bond donors (Lipinski definition) is 1. The zero-order valence-electron chi connectivity index (χ0n) is 13.0. The van der Waals surface area contributed by atoms with Crippen molar-refractivity contribution in [2.75, 3.05) is 12.4 Å². The molecule has 0 spiro atoms. The summed E-state index contributed by atoms with van der Waals surface area (Å²) in [4.78, 5) is 9.09. The Kier molecular flexibility index (Phi) is 3.53. The van der Waals surface area contributed by atoms with Crippen LogP contribution in [0.1, 0.15) is 41.3 Å². The summed E-state index contributed by atoms with van der Waals surface area (Å²) in [5.74, 6) is 3.72. The highest BCUT2D eigenvalue weighted by Gasteiger charge is 2.27. The fraction of sp³-hybridized carbons (Fsp3) is 0.412. The first kappa shape index (κ1) is 13.9. The van der Waals surface area contributed by atoms with Gasteiger partial charge >= 0.3 is 0 Å². The van der Waals surface area contributed by atoms with Crippen molar-refractivity contribution in [2.24, 2.45) is 0 Å². The fourth-order valence-corrected chi connectivity index (χ4v) is 2.33. The largest absolute Gasteiger partial charge is 0.438 e. The highest BCUT2D eigenvalue weighted by Crippen LogP contribution is 2.39. The van der Waals surface area contributed by atoms with E-state index >= 15 is 0 Å². The van der Waals surface area contributed by atoms with E-state index in [0.29, 0.717) is 11.8 Å². The van der Waals surface area contributed by atoms with Gasteiger partial charge in [0.1, 0.15) is 17.4 Å². The van der Waals surface area contributed by atoms with Gasteiger partial charge in [-0.05, 0) is 50.3 Å². The van der Waals surface area contributed by atoms with Crippen molar-refractivity contribution in [1.82, 2.24) is 9.97 Å². The number of benzene rings is 1. The summed E-state index contributed by atoms with van der Waals surface area (Å²) in [7, 11) is 1.87. The Labute approximate surface area is 125 Å². The molecule has 0 bridgehead atoms. The van der Waals surface area contributed by atoms with E-state index in [1.807, 2.05) is 13.1 Å². The molecule has 21 heavy (non-hydrogen) atoms. The number of anilines is 1. The average Bonchev–Trinajstić information content (AvgIpc) is 3.32. The van der Waals surface area contributed by atoms with Crippen LogP contribution >= 0.6 is 0 Å². The lowest BCUT2D eigenvalue weighted by atomic mass is 10.1. The molecule has 1 aromatic heterocycles. The Morgan fingerprint density at radius 2 is 1.81 bits per heavy atom.